The zero-order chi connectivity index (χ0) is 13.9. The first-order valence-electron chi connectivity index (χ1n) is 6.97. The quantitative estimate of drug-likeness (QED) is 0.452. The molecule has 0 aliphatic carbocycles. The Morgan fingerprint density at radius 3 is 1.67 bits per heavy atom. The molecule has 1 fully saturated rings. The van der Waals surface area contributed by atoms with Crippen LogP contribution in [0.3, 0.4) is 0 Å². The van der Waals surface area contributed by atoms with Crippen LogP contribution in [0, 0.1) is 0 Å². The van der Waals surface area contributed by atoms with E-state index in [1.165, 1.54) is 29.9 Å². The third-order valence-corrected chi connectivity index (χ3v) is 6.60. The Bertz CT molecular complexity index is 817. The van der Waals surface area contributed by atoms with Crippen LogP contribution in [-0.2, 0) is 10.3 Å². The highest BCUT2D eigenvalue weighted by Gasteiger charge is 2.50. The Hall–Kier alpha value is -1.68. The number of ether oxygens (including phenoxy) is 1. The second kappa shape index (κ2) is 4.17. The molecule has 1 saturated heterocycles. The number of benzene rings is 2. The van der Waals surface area contributed by atoms with Crippen LogP contribution in [0.15, 0.2) is 60.7 Å². The second-order valence-electron chi connectivity index (χ2n) is 5.41. The highest BCUT2D eigenvalue weighted by molar-refractivity contribution is 7.20. The van der Waals surface area contributed by atoms with Crippen LogP contribution in [-0.4, -0.2) is 6.61 Å². The Kier molecular flexibility index (Phi) is 2.37. The van der Waals surface area contributed by atoms with Crippen LogP contribution >= 0.6 is 22.7 Å². The molecular formula is C18H12OS2. The molecule has 0 radical (unpaired) electrons. The van der Waals surface area contributed by atoms with Crippen LogP contribution in [0.25, 0.3) is 20.2 Å². The number of hydrogen-bond donors (Lipinski definition) is 0. The van der Waals surface area contributed by atoms with E-state index in [-0.39, 0.29) is 5.60 Å². The van der Waals surface area contributed by atoms with Gasteiger partial charge in [-0.2, -0.15) is 0 Å². The number of hydrogen-bond acceptors (Lipinski definition) is 3. The van der Waals surface area contributed by atoms with Crippen molar-refractivity contribution < 1.29 is 4.74 Å². The predicted molar refractivity (Wildman–Crippen MR) is 90.4 cm³/mol. The van der Waals surface area contributed by atoms with Gasteiger partial charge in [0.15, 0.2) is 5.60 Å². The molecule has 3 heterocycles. The van der Waals surface area contributed by atoms with Gasteiger partial charge in [-0.15, -0.1) is 22.7 Å². The van der Waals surface area contributed by atoms with Gasteiger partial charge in [0.1, 0.15) is 0 Å². The van der Waals surface area contributed by atoms with Gasteiger partial charge in [0.2, 0.25) is 0 Å². The summed E-state index contributed by atoms with van der Waals surface area (Å²) in [5.41, 5.74) is -0.187. The first-order valence-corrected chi connectivity index (χ1v) is 8.61. The fourth-order valence-corrected chi connectivity index (χ4v) is 5.32. The van der Waals surface area contributed by atoms with Gasteiger partial charge in [-0.25, -0.2) is 0 Å². The molecule has 0 N–H and O–H groups in total. The normalized spacial score (nSPS) is 16.6. The first-order chi connectivity index (χ1) is 10.4. The maximum Gasteiger partial charge on any atom is 0.160 e. The zero-order valence-corrected chi connectivity index (χ0v) is 12.8. The molecule has 1 aliphatic heterocycles. The summed E-state index contributed by atoms with van der Waals surface area (Å²) in [5, 5.41) is 2.63. The summed E-state index contributed by atoms with van der Waals surface area (Å²) in [6.07, 6.45) is 0. The third kappa shape index (κ3) is 1.72. The van der Waals surface area contributed by atoms with E-state index in [4.69, 9.17) is 4.74 Å². The lowest BCUT2D eigenvalue weighted by atomic mass is 10.1. The lowest BCUT2D eigenvalue weighted by Gasteiger charge is -2.05. The van der Waals surface area contributed by atoms with E-state index in [1.54, 1.807) is 0 Å². The summed E-state index contributed by atoms with van der Waals surface area (Å²) >= 11 is 3.71. The van der Waals surface area contributed by atoms with Crippen molar-refractivity contribution in [1.29, 1.82) is 0 Å². The van der Waals surface area contributed by atoms with Crippen molar-refractivity contribution in [1.82, 2.24) is 0 Å². The Morgan fingerprint density at radius 1 is 0.762 bits per heavy atom. The predicted octanol–water partition coefficient (Wildman–Crippen LogP) is 5.39. The monoisotopic (exact) mass is 308 g/mol. The highest BCUT2D eigenvalue weighted by atomic mass is 32.1. The molecule has 0 bridgehead atoms. The fraction of sp³-hybridized carbons (Fsp3) is 0.111. The van der Waals surface area contributed by atoms with E-state index in [0.717, 1.165) is 6.61 Å². The van der Waals surface area contributed by atoms with Crippen molar-refractivity contribution in [2.45, 2.75) is 5.60 Å². The van der Waals surface area contributed by atoms with Crippen LogP contribution < -0.4 is 0 Å². The fourth-order valence-electron chi connectivity index (χ4n) is 2.84. The van der Waals surface area contributed by atoms with E-state index in [1.807, 2.05) is 22.7 Å². The number of rotatable bonds is 2. The lowest BCUT2D eigenvalue weighted by molar-refractivity contribution is 0.357. The van der Waals surface area contributed by atoms with Gasteiger partial charge in [0.25, 0.3) is 0 Å². The molecule has 21 heavy (non-hydrogen) atoms. The van der Waals surface area contributed by atoms with Crippen LogP contribution in [0.4, 0.5) is 0 Å². The van der Waals surface area contributed by atoms with Gasteiger partial charge in [0, 0.05) is 19.2 Å². The van der Waals surface area contributed by atoms with Crippen LogP contribution in [0.5, 0.6) is 0 Å². The van der Waals surface area contributed by atoms with Crippen molar-refractivity contribution in [3.05, 3.63) is 70.4 Å². The molecule has 3 heteroatoms. The standard InChI is InChI=1S/C18H12OS2/c1-3-7-14-12(5-1)9-16(20-14)18(11-19-18)17-10-13-6-2-4-8-15(13)21-17/h1-10H,11H2. The van der Waals surface area contributed by atoms with Crippen molar-refractivity contribution in [2.24, 2.45) is 0 Å². The van der Waals surface area contributed by atoms with E-state index in [2.05, 4.69) is 60.7 Å². The molecule has 102 valence electrons. The first kappa shape index (κ1) is 11.9. The summed E-state index contributed by atoms with van der Waals surface area (Å²) in [6.45, 7) is 0.798. The van der Waals surface area contributed by atoms with Gasteiger partial charge in [-0.1, -0.05) is 36.4 Å². The van der Waals surface area contributed by atoms with Crippen molar-refractivity contribution in [3.8, 4) is 0 Å². The Morgan fingerprint density at radius 2 is 1.24 bits per heavy atom. The molecule has 2 aromatic heterocycles. The van der Waals surface area contributed by atoms with E-state index in [9.17, 15) is 0 Å². The average Bonchev–Trinajstić information content (AvgIpc) is 3.03. The SMILES string of the molecule is c1ccc2sc(C3(c4cc5ccccc5s4)CO3)cc2c1. The minimum absolute atomic E-state index is 0.187. The maximum atomic E-state index is 5.95. The van der Waals surface area contributed by atoms with E-state index in [0.29, 0.717) is 0 Å². The van der Waals surface area contributed by atoms with Crippen molar-refractivity contribution >= 4 is 42.8 Å². The number of fused-ring (bicyclic) bond motifs is 2. The summed E-state index contributed by atoms with van der Waals surface area (Å²) < 4.78 is 8.62. The molecule has 5 rings (SSSR count). The molecule has 0 atom stereocenters. The summed E-state index contributed by atoms with van der Waals surface area (Å²) in [5.74, 6) is 0. The molecule has 2 aromatic carbocycles. The molecule has 0 saturated carbocycles. The molecular weight excluding hydrogens is 296 g/mol. The molecule has 0 unspecified atom stereocenters. The van der Waals surface area contributed by atoms with Gasteiger partial charge < -0.3 is 4.74 Å². The van der Waals surface area contributed by atoms with Gasteiger partial charge in [-0.05, 0) is 35.0 Å². The molecule has 0 amide bonds. The summed E-state index contributed by atoms with van der Waals surface area (Å²) in [4.78, 5) is 2.66. The van der Waals surface area contributed by atoms with Gasteiger partial charge in [-0.3, -0.25) is 0 Å². The van der Waals surface area contributed by atoms with Crippen LogP contribution in [0.2, 0.25) is 0 Å². The number of epoxide rings is 1. The largest absolute Gasteiger partial charge is 0.358 e. The van der Waals surface area contributed by atoms with Crippen molar-refractivity contribution in [2.75, 3.05) is 6.61 Å². The zero-order valence-electron chi connectivity index (χ0n) is 11.2. The van der Waals surface area contributed by atoms with Gasteiger partial charge >= 0.3 is 0 Å². The summed E-state index contributed by atoms with van der Waals surface area (Å²) in [7, 11) is 0. The minimum Gasteiger partial charge on any atom is -0.358 e. The third-order valence-electron chi connectivity index (χ3n) is 4.08. The highest BCUT2D eigenvalue weighted by Crippen LogP contribution is 2.52. The molecule has 1 aliphatic rings. The Balaban J connectivity index is 1.69. The summed E-state index contributed by atoms with van der Waals surface area (Å²) in [6, 6.07) is 21.7. The molecule has 0 spiro atoms. The Labute approximate surface area is 130 Å². The molecule has 4 aromatic rings. The number of thiophene rings is 2. The van der Waals surface area contributed by atoms with E-state index < -0.39 is 0 Å². The molecule has 1 nitrogen and oxygen atoms in total. The maximum absolute atomic E-state index is 5.95. The smallest absolute Gasteiger partial charge is 0.160 e. The average molecular weight is 308 g/mol. The van der Waals surface area contributed by atoms with Crippen LogP contribution in [0.1, 0.15) is 9.75 Å². The van der Waals surface area contributed by atoms with E-state index >= 15 is 0 Å². The lowest BCUT2D eigenvalue weighted by Crippen LogP contribution is -2.05. The minimum atomic E-state index is -0.187. The van der Waals surface area contributed by atoms with Gasteiger partial charge in [0.05, 0.1) is 6.61 Å². The van der Waals surface area contributed by atoms with Crippen molar-refractivity contribution in [3.63, 3.8) is 0 Å². The topological polar surface area (TPSA) is 12.5 Å². The second-order valence-corrected chi connectivity index (χ2v) is 7.58.